The number of nitrogens with zero attached hydrogens (tertiary/aromatic N) is 1. The monoisotopic (exact) mass is 223 g/mol. The Hall–Kier alpha value is -1.16. The van der Waals surface area contributed by atoms with Crippen molar-refractivity contribution in [1.29, 1.82) is 0 Å². The molecule has 0 saturated heterocycles. The summed E-state index contributed by atoms with van der Waals surface area (Å²) in [6.45, 7) is 0. The summed E-state index contributed by atoms with van der Waals surface area (Å²) < 4.78 is 0. The molecule has 3 nitrogen and oxygen atoms in total. The molecular weight excluding hydrogens is 214 g/mol. The Balaban J connectivity index is 2.39. The summed E-state index contributed by atoms with van der Waals surface area (Å²) in [4.78, 5) is 4.07. The molecule has 1 aromatic heterocycles. The molecule has 2 atom stereocenters. The van der Waals surface area contributed by atoms with Gasteiger partial charge < -0.3 is 10.2 Å². The second-order valence-electron chi connectivity index (χ2n) is 3.29. The van der Waals surface area contributed by atoms with Crippen molar-refractivity contribution in [2.45, 2.75) is 12.2 Å². The fourth-order valence-corrected chi connectivity index (χ4v) is 1.63. The molecule has 0 aromatic carbocycles. The number of hydrogen-bond acceptors (Lipinski definition) is 3. The first kappa shape index (κ1) is 10.4. The van der Waals surface area contributed by atoms with E-state index in [-0.39, 0.29) is 0 Å². The number of aromatic nitrogens is 1. The van der Waals surface area contributed by atoms with E-state index in [1.807, 2.05) is 0 Å². The minimum atomic E-state index is -0.944. The van der Waals surface area contributed by atoms with Gasteiger partial charge in [0.1, 0.15) is 17.4 Å². The lowest BCUT2D eigenvalue weighted by Gasteiger charge is -2.20. The highest BCUT2D eigenvalue weighted by Crippen LogP contribution is 2.23. The lowest BCUT2D eigenvalue weighted by atomic mass is 9.96. The van der Waals surface area contributed by atoms with Crippen LogP contribution in [0.4, 0.5) is 0 Å². The van der Waals surface area contributed by atoms with Crippen LogP contribution in [0.5, 0.6) is 0 Å². The molecule has 15 heavy (non-hydrogen) atoms. The summed E-state index contributed by atoms with van der Waals surface area (Å²) >= 11 is 5.75. The Labute approximate surface area is 92.3 Å². The number of aliphatic hydroxyl groups is 2. The third-order valence-electron chi connectivity index (χ3n) is 2.24. The van der Waals surface area contributed by atoms with Crippen LogP contribution in [0.3, 0.4) is 0 Å². The van der Waals surface area contributed by atoms with Crippen LogP contribution in [-0.2, 0) is 0 Å². The average Bonchev–Trinajstić information content (AvgIpc) is 2.22. The quantitative estimate of drug-likeness (QED) is 0.708. The van der Waals surface area contributed by atoms with E-state index in [2.05, 4.69) is 4.98 Å². The van der Waals surface area contributed by atoms with Crippen molar-refractivity contribution < 1.29 is 10.2 Å². The van der Waals surface area contributed by atoms with Crippen molar-refractivity contribution in [3.8, 4) is 0 Å². The molecule has 2 rings (SSSR count). The summed E-state index contributed by atoms with van der Waals surface area (Å²) in [7, 11) is 0. The smallest absolute Gasteiger partial charge is 0.129 e. The summed E-state index contributed by atoms with van der Waals surface area (Å²) in [5.41, 5.74) is 1.16. The van der Waals surface area contributed by atoms with E-state index in [9.17, 15) is 10.2 Å². The lowest BCUT2D eigenvalue weighted by molar-refractivity contribution is 0.0857. The molecule has 0 amide bonds. The van der Waals surface area contributed by atoms with Gasteiger partial charge in [-0.1, -0.05) is 35.9 Å². The van der Waals surface area contributed by atoms with Crippen LogP contribution in [0.25, 0.3) is 5.57 Å². The lowest BCUT2D eigenvalue weighted by Crippen LogP contribution is -2.27. The third-order valence-corrected chi connectivity index (χ3v) is 2.45. The van der Waals surface area contributed by atoms with Gasteiger partial charge >= 0.3 is 0 Å². The molecule has 1 aliphatic rings. The Morgan fingerprint density at radius 2 is 2.07 bits per heavy atom. The van der Waals surface area contributed by atoms with Crippen molar-refractivity contribution in [1.82, 2.24) is 4.98 Å². The predicted molar refractivity (Wildman–Crippen MR) is 58.4 cm³/mol. The SMILES string of the molecule is O[C@@H]1C(c2cccc(Cl)n2)=CC=C[C@@H]1O. The highest BCUT2D eigenvalue weighted by molar-refractivity contribution is 6.29. The molecule has 1 heterocycles. The molecule has 2 N–H and O–H groups in total. The van der Waals surface area contributed by atoms with Gasteiger partial charge in [0.2, 0.25) is 0 Å². The number of allylic oxidation sites excluding steroid dienone is 2. The van der Waals surface area contributed by atoms with Crippen molar-refractivity contribution in [2.75, 3.05) is 0 Å². The summed E-state index contributed by atoms with van der Waals surface area (Å²) in [6.07, 6.45) is 3.11. The van der Waals surface area contributed by atoms with E-state index >= 15 is 0 Å². The van der Waals surface area contributed by atoms with E-state index in [1.54, 1.807) is 30.4 Å². The highest BCUT2D eigenvalue weighted by atomic mass is 35.5. The maximum atomic E-state index is 9.73. The molecule has 0 saturated carbocycles. The van der Waals surface area contributed by atoms with E-state index in [0.29, 0.717) is 16.4 Å². The Kier molecular flexibility index (Phi) is 2.86. The second kappa shape index (κ2) is 4.14. The highest BCUT2D eigenvalue weighted by Gasteiger charge is 2.22. The van der Waals surface area contributed by atoms with Crippen LogP contribution >= 0.6 is 11.6 Å². The van der Waals surface area contributed by atoms with E-state index in [1.165, 1.54) is 6.08 Å². The molecule has 1 aliphatic carbocycles. The zero-order valence-corrected chi connectivity index (χ0v) is 8.59. The van der Waals surface area contributed by atoms with E-state index in [4.69, 9.17) is 11.6 Å². The maximum absolute atomic E-state index is 9.73. The van der Waals surface area contributed by atoms with Crippen LogP contribution in [0.1, 0.15) is 5.69 Å². The van der Waals surface area contributed by atoms with Gasteiger partial charge in [0.15, 0.2) is 0 Å². The first-order valence-corrected chi connectivity index (χ1v) is 4.94. The fourth-order valence-electron chi connectivity index (χ4n) is 1.47. The van der Waals surface area contributed by atoms with Crippen molar-refractivity contribution in [2.24, 2.45) is 0 Å². The van der Waals surface area contributed by atoms with Gasteiger partial charge in [0.25, 0.3) is 0 Å². The molecule has 78 valence electrons. The molecule has 0 radical (unpaired) electrons. The zero-order valence-electron chi connectivity index (χ0n) is 7.84. The molecular formula is C11H10ClNO2. The van der Waals surface area contributed by atoms with Gasteiger partial charge in [-0.25, -0.2) is 4.98 Å². The molecule has 0 unspecified atom stereocenters. The maximum Gasteiger partial charge on any atom is 0.129 e. The number of rotatable bonds is 1. The van der Waals surface area contributed by atoms with Crippen LogP contribution in [0, 0.1) is 0 Å². The zero-order chi connectivity index (χ0) is 10.8. The largest absolute Gasteiger partial charge is 0.386 e. The number of halogens is 1. The van der Waals surface area contributed by atoms with Gasteiger partial charge in [-0.05, 0) is 12.1 Å². The first-order chi connectivity index (χ1) is 7.18. The molecule has 0 aliphatic heterocycles. The number of aliphatic hydroxyl groups excluding tert-OH is 2. The average molecular weight is 224 g/mol. The molecule has 4 heteroatoms. The summed E-state index contributed by atoms with van der Waals surface area (Å²) in [5.74, 6) is 0. The van der Waals surface area contributed by atoms with Crippen molar-refractivity contribution >= 4 is 17.2 Å². The molecule has 0 spiro atoms. The second-order valence-corrected chi connectivity index (χ2v) is 3.68. The van der Waals surface area contributed by atoms with Gasteiger partial charge in [0, 0.05) is 5.57 Å². The van der Waals surface area contributed by atoms with Gasteiger partial charge in [0.05, 0.1) is 5.69 Å². The Morgan fingerprint density at radius 1 is 1.27 bits per heavy atom. The van der Waals surface area contributed by atoms with Gasteiger partial charge in [-0.2, -0.15) is 0 Å². The standard InChI is InChI=1S/C11H10ClNO2/c12-10-6-2-4-8(13-10)7-3-1-5-9(14)11(7)15/h1-6,9,11,14-15H/t9-,11+/m0/s1. The minimum absolute atomic E-state index is 0.365. The fraction of sp³-hybridized carbons (Fsp3) is 0.182. The summed E-state index contributed by atoms with van der Waals surface area (Å²) in [6, 6.07) is 5.16. The Bertz CT molecular complexity index is 428. The summed E-state index contributed by atoms with van der Waals surface area (Å²) in [5, 5.41) is 19.5. The topological polar surface area (TPSA) is 53.4 Å². The predicted octanol–water partition coefficient (Wildman–Crippen LogP) is 1.41. The van der Waals surface area contributed by atoms with E-state index < -0.39 is 12.2 Å². The number of pyridine rings is 1. The molecule has 0 bridgehead atoms. The molecule has 1 aromatic rings. The third kappa shape index (κ3) is 2.09. The van der Waals surface area contributed by atoms with Crippen molar-refractivity contribution in [3.63, 3.8) is 0 Å². The molecule has 0 fully saturated rings. The minimum Gasteiger partial charge on any atom is -0.386 e. The van der Waals surface area contributed by atoms with Gasteiger partial charge in [-0.15, -0.1) is 0 Å². The van der Waals surface area contributed by atoms with Gasteiger partial charge in [-0.3, -0.25) is 0 Å². The van der Waals surface area contributed by atoms with Crippen molar-refractivity contribution in [3.05, 3.63) is 47.3 Å². The number of hydrogen-bond donors (Lipinski definition) is 2. The van der Waals surface area contributed by atoms with E-state index in [0.717, 1.165) is 0 Å². The van der Waals surface area contributed by atoms with Crippen LogP contribution in [-0.4, -0.2) is 27.4 Å². The normalized spacial score (nSPS) is 25.1. The van der Waals surface area contributed by atoms with Crippen LogP contribution in [0.2, 0.25) is 5.15 Å². The van der Waals surface area contributed by atoms with Crippen LogP contribution < -0.4 is 0 Å². The first-order valence-electron chi connectivity index (χ1n) is 4.56. The van der Waals surface area contributed by atoms with Crippen LogP contribution in [0.15, 0.2) is 36.4 Å². The Morgan fingerprint density at radius 3 is 2.80 bits per heavy atom.